The summed E-state index contributed by atoms with van der Waals surface area (Å²) in [5, 5.41) is 15.3. The van der Waals surface area contributed by atoms with Crippen LogP contribution >= 0.6 is 0 Å². The molecule has 0 fully saturated rings. The Morgan fingerprint density at radius 3 is 2.43 bits per heavy atom. The zero-order chi connectivity index (χ0) is 16.6. The van der Waals surface area contributed by atoms with Gasteiger partial charge in [-0.05, 0) is 32.0 Å². The van der Waals surface area contributed by atoms with Crippen molar-refractivity contribution < 1.29 is 9.90 Å². The van der Waals surface area contributed by atoms with Crippen LogP contribution in [0.2, 0.25) is 0 Å². The van der Waals surface area contributed by atoms with Crippen molar-refractivity contribution in [2.45, 2.75) is 19.9 Å². The molecule has 118 valence electrons. The molecular weight excluding hydrogens is 296 g/mol. The minimum absolute atomic E-state index is 0.0364. The molecule has 0 amide bonds. The Bertz CT molecular complexity index is 900. The van der Waals surface area contributed by atoms with Crippen molar-refractivity contribution >= 4 is 5.97 Å². The lowest BCUT2D eigenvalue weighted by molar-refractivity contribution is 0.0690. The van der Waals surface area contributed by atoms with Gasteiger partial charge in [0.2, 0.25) is 0 Å². The van der Waals surface area contributed by atoms with Crippen LogP contribution in [0.4, 0.5) is 0 Å². The summed E-state index contributed by atoms with van der Waals surface area (Å²) in [6, 6.07) is 8.78. The topological polar surface area (TPSA) is 92.9 Å². The summed E-state index contributed by atoms with van der Waals surface area (Å²) in [6.45, 7) is 3.90. The van der Waals surface area contributed by atoms with Crippen LogP contribution < -0.4 is 5.69 Å². The standard InChI is InChI=1S/C16H16N4O3/c1-10(2)19-7-8-20(16(19)23)12-5-3-11(4-6-12)13-9-14(15(21)22)18-17-13/h3-10H,1-2H3,(H,17,18)(H,21,22). The van der Waals surface area contributed by atoms with Crippen molar-refractivity contribution in [2.75, 3.05) is 0 Å². The van der Waals surface area contributed by atoms with E-state index in [4.69, 9.17) is 5.11 Å². The fraction of sp³-hybridized carbons (Fsp3) is 0.188. The van der Waals surface area contributed by atoms with E-state index in [2.05, 4.69) is 10.2 Å². The maximum absolute atomic E-state index is 12.3. The van der Waals surface area contributed by atoms with E-state index in [-0.39, 0.29) is 17.4 Å². The third-order valence-corrected chi connectivity index (χ3v) is 3.61. The monoisotopic (exact) mass is 312 g/mol. The van der Waals surface area contributed by atoms with Crippen LogP contribution in [0.3, 0.4) is 0 Å². The summed E-state index contributed by atoms with van der Waals surface area (Å²) in [4.78, 5) is 23.2. The summed E-state index contributed by atoms with van der Waals surface area (Å²) in [7, 11) is 0. The quantitative estimate of drug-likeness (QED) is 0.773. The molecule has 0 saturated heterocycles. The molecule has 0 aliphatic rings. The molecule has 7 heteroatoms. The van der Waals surface area contributed by atoms with Gasteiger partial charge in [0.25, 0.3) is 0 Å². The third kappa shape index (κ3) is 2.68. The molecule has 0 saturated carbocycles. The lowest BCUT2D eigenvalue weighted by atomic mass is 10.1. The number of carboxylic acids is 1. The average molecular weight is 312 g/mol. The highest BCUT2D eigenvalue weighted by molar-refractivity contribution is 5.86. The van der Waals surface area contributed by atoms with Gasteiger partial charge in [0.15, 0.2) is 0 Å². The van der Waals surface area contributed by atoms with Crippen LogP contribution in [0, 0.1) is 0 Å². The smallest absolute Gasteiger partial charge is 0.353 e. The molecule has 0 aliphatic heterocycles. The number of aromatic amines is 1. The summed E-state index contributed by atoms with van der Waals surface area (Å²) < 4.78 is 3.22. The maximum Gasteiger partial charge on any atom is 0.353 e. The van der Waals surface area contributed by atoms with E-state index in [9.17, 15) is 9.59 Å². The lowest BCUT2D eigenvalue weighted by Gasteiger charge is -2.05. The van der Waals surface area contributed by atoms with Crippen molar-refractivity contribution in [3.8, 4) is 16.9 Å². The number of hydrogen-bond acceptors (Lipinski definition) is 3. The molecule has 7 nitrogen and oxygen atoms in total. The van der Waals surface area contributed by atoms with Gasteiger partial charge in [-0.15, -0.1) is 0 Å². The number of benzene rings is 1. The summed E-state index contributed by atoms with van der Waals surface area (Å²) >= 11 is 0. The van der Waals surface area contributed by atoms with Gasteiger partial charge in [0, 0.05) is 24.0 Å². The maximum atomic E-state index is 12.3. The molecule has 23 heavy (non-hydrogen) atoms. The molecule has 3 aromatic rings. The van der Waals surface area contributed by atoms with Gasteiger partial charge < -0.3 is 5.11 Å². The minimum Gasteiger partial charge on any atom is -0.477 e. The number of nitrogens with one attached hydrogen (secondary N) is 1. The van der Waals surface area contributed by atoms with Crippen LogP contribution in [0.15, 0.2) is 47.5 Å². The van der Waals surface area contributed by atoms with Crippen molar-refractivity contribution in [2.24, 2.45) is 0 Å². The van der Waals surface area contributed by atoms with Crippen LogP contribution in [-0.4, -0.2) is 30.4 Å². The molecule has 0 unspecified atom stereocenters. The average Bonchev–Trinajstić information content (AvgIpc) is 3.14. The molecule has 0 spiro atoms. The van der Waals surface area contributed by atoms with Crippen LogP contribution in [-0.2, 0) is 0 Å². The number of carboxylic acid groups (broad SMARTS) is 1. The highest BCUT2D eigenvalue weighted by Gasteiger charge is 2.11. The molecule has 2 aromatic heterocycles. The van der Waals surface area contributed by atoms with Gasteiger partial charge in [-0.3, -0.25) is 14.2 Å². The number of aromatic carboxylic acids is 1. The second kappa shape index (κ2) is 5.60. The van der Waals surface area contributed by atoms with Gasteiger partial charge in [-0.1, -0.05) is 12.1 Å². The Kier molecular flexibility index (Phi) is 3.61. The first-order valence-corrected chi connectivity index (χ1v) is 7.16. The molecule has 2 N–H and O–H groups in total. The van der Waals surface area contributed by atoms with Gasteiger partial charge in [-0.25, -0.2) is 9.59 Å². The van der Waals surface area contributed by atoms with Gasteiger partial charge in [0.05, 0.1) is 11.4 Å². The molecule has 2 heterocycles. The van der Waals surface area contributed by atoms with Crippen LogP contribution in [0.25, 0.3) is 16.9 Å². The number of rotatable bonds is 4. The first-order chi connectivity index (χ1) is 11.0. The SMILES string of the molecule is CC(C)n1ccn(-c2ccc(-c3cc(C(=O)O)[nH]n3)cc2)c1=O. The Morgan fingerprint density at radius 2 is 1.91 bits per heavy atom. The van der Waals surface area contributed by atoms with Crippen LogP contribution in [0.5, 0.6) is 0 Å². The lowest BCUT2D eigenvalue weighted by Crippen LogP contribution is -2.24. The Labute approximate surface area is 131 Å². The number of carbonyl (C=O) groups is 1. The zero-order valence-electron chi connectivity index (χ0n) is 12.7. The summed E-state index contributed by atoms with van der Waals surface area (Å²) in [5.41, 5.74) is 2.00. The van der Waals surface area contributed by atoms with Gasteiger partial charge in [-0.2, -0.15) is 5.10 Å². The highest BCUT2D eigenvalue weighted by atomic mass is 16.4. The van der Waals surface area contributed by atoms with E-state index in [0.29, 0.717) is 5.69 Å². The summed E-state index contributed by atoms with van der Waals surface area (Å²) in [6.07, 6.45) is 3.49. The van der Waals surface area contributed by atoms with Crippen molar-refractivity contribution in [3.05, 3.63) is 58.9 Å². The molecular formula is C16H16N4O3. The van der Waals surface area contributed by atoms with Gasteiger partial charge >= 0.3 is 11.7 Å². The highest BCUT2D eigenvalue weighted by Crippen LogP contribution is 2.19. The Morgan fingerprint density at radius 1 is 1.22 bits per heavy atom. The molecule has 0 aliphatic carbocycles. The minimum atomic E-state index is -1.05. The van der Waals surface area contributed by atoms with E-state index in [1.807, 2.05) is 13.8 Å². The van der Waals surface area contributed by atoms with E-state index in [1.54, 1.807) is 45.8 Å². The largest absolute Gasteiger partial charge is 0.477 e. The number of H-pyrrole nitrogens is 1. The Balaban J connectivity index is 1.93. The number of aromatic nitrogens is 4. The second-order valence-electron chi connectivity index (χ2n) is 5.47. The molecule has 0 bridgehead atoms. The second-order valence-corrected chi connectivity index (χ2v) is 5.47. The van der Waals surface area contributed by atoms with Crippen molar-refractivity contribution in [1.29, 1.82) is 0 Å². The number of hydrogen-bond donors (Lipinski definition) is 2. The van der Waals surface area contributed by atoms with Crippen molar-refractivity contribution in [3.63, 3.8) is 0 Å². The summed E-state index contributed by atoms with van der Waals surface area (Å²) in [5.74, 6) is -1.05. The molecule has 0 atom stereocenters. The fourth-order valence-electron chi connectivity index (χ4n) is 2.35. The zero-order valence-corrected chi connectivity index (χ0v) is 12.7. The predicted molar refractivity (Wildman–Crippen MR) is 85.0 cm³/mol. The normalized spacial score (nSPS) is 11.1. The number of imidazole rings is 1. The van der Waals surface area contributed by atoms with Gasteiger partial charge in [0.1, 0.15) is 5.69 Å². The molecule has 0 radical (unpaired) electrons. The van der Waals surface area contributed by atoms with E-state index < -0.39 is 5.97 Å². The first-order valence-electron chi connectivity index (χ1n) is 7.16. The fourth-order valence-corrected chi connectivity index (χ4v) is 2.35. The first kappa shape index (κ1) is 14.8. The van der Waals surface area contributed by atoms with E-state index >= 15 is 0 Å². The predicted octanol–water partition coefficient (Wildman–Crippen LogP) is 2.31. The molecule has 3 rings (SSSR count). The third-order valence-electron chi connectivity index (χ3n) is 3.61. The number of nitrogens with zero attached hydrogens (tertiary/aromatic N) is 3. The van der Waals surface area contributed by atoms with Crippen molar-refractivity contribution in [1.82, 2.24) is 19.3 Å². The Hall–Kier alpha value is -3.09. The van der Waals surface area contributed by atoms with E-state index in [0.717, 1.165) is 11.3 Å². The van der Waals surface area contributed by atoms with Crippen LogP contribution in [0.1, 0.15) is 30.4 Å². The van der Waals surface area contributed by atoms with E-state index in [1.165, 1.54) is 6.07 Å². The molecule has 1 aromatic carbocycles.